The normalized spacial score (nSPS) is 10.5. The van der Waals surface area contributed by atoms with E-state index in [0.29, 0.717) is 16.3 Å². The largest absolute Gasteiger partial charge is 0.412 e. The molecule has 0 aliphatic heterocycles. The molecule has 5 nitrogen and oxygen atoms in total. The summed E-state index contributed by atoms with van der Waals surface area (Å²) in [5, 5.41) is 11.0. The molecular formula is C16H12ClN3O2. The number of hydrogen-bond acceptors (Lipinski definition) is 4. The molecule has 0 fully saturated rings. The molecular weight excluding hydrogens is 302 g/mol. The second-order valence-corrected chi connectivity index (χ2v) is 5.12. The lowest BCUT2D eigenvalue weighted by Gasteiger charge is -2.05. The van der Waals surface area contributed by atoms with Crippen LogP contribution in [0, 0.1) is 6.92 Å². The summed E-state index contributed by atoms with van der Waals surface area (Å²) in [6, 6.07) is 14.4. The van der Waals surface area contributed by atoms with Gasteiger partial charge in [0.05, 0.1) is 0 Å². The van der Waals surface area contributed by atoms with Gasteiger partial charge in [-0.15, -0.1) is 10.2 Å². The number of amides is 1. The third-order valence-corrected chi connectivity index (χ3v) is 3.36. The van der Waals surface area contributed by atoms with E-state index in [0.717, 1.165) is 5.56 Å². The zero-order chi connectivity index (χ0) is 15.5. The molecule has 0 unspecified atom stereocenters. The number of halogens is 1. The van der Waals surface area contributed by atoms with Crippen molar-refractivity contribution in [2.24, 2.45) is 0 Å². The van der Waals surface area contributed by atoms with Gasteiger partial charge in [-0.1, -0.05) is 29.8 Å². The van der Waals surface area contributed by atoms with Crippen molar-refractivity contribution in [1.29, 1.82) is 0 Å². The zero-order valence-electron chi connectivity index (χ0n) is 11.7. The molecule has 1 aromatic heterocycles. The summed E-state index contributed by atoms with van der Waals surface area (Å²) in [5.41, 5.74) is 2.36. The fourth-order valence-corrected chi connectivity index (χ4v) is 2.04. The van der Waals surface area contributed by atoms with E-state index < -0.39 is 5.91 Å². The van der Waals surface area contributed by atoms with Gasteiger partial charge in [-0.25, -0.2) is 0 Å². The van der Waals surface area contributed by atoms with E-state index in [2.05, 4.69) is 15.5 Å². The quantitative estimate of drug-likeness (QED) is 0.795. The molecule has 0 atom stereocenters. The van der Waals surface area contributed by atoms with E-state index in [1.807, 2.05) is 31.2 Å². The van der Waals surface area contributed by atoms with Crippen LogP contribution in [0.1, 0.15) is 16.2 Å². The summed E-state index contributed by atoms with van der Waals surface area (Å²) in [6.45, 7) is 1.91. The Morgan fingerprint density at radius 3 is 2.55 bits per heavy atom. The SMILES string of the molecule is Cc1ccccc1NC(=O)c1nnc(-c2ccc(Cl)cc2)o1. The van der Waals surface area contributed by atoms with Gasteiger partial charge in [0, 0.05) is 16.3 Å². The first-order chi connectivity index (χ1) is 10.6. The van der Waals surface area contributed by atoms with Gasteiger partial charge in [-0.2, -0.15) is 0 Å². The Morgan fingerprint density at radius 2 is 1.82 bits per heavy atom. The van der Waals surface area contributed by atoms with Gasteiger partial charge in [0.15, 0.2) is 0 Å². The smallest absolute Gasteiger partial charge is 0.313 e. The van der Waals surface area contributed by atoms with Crippen LogP contribution in [0.15, 0.2) is 52.9 Å². The predicted octanol–water partition coefficient (Wildman–Crippen LogP) is 3.95. The molecule has 0 aliphatic rings. The molecule has 0 bridgehead atoms. The average Bonchev–Trinajstić information content (AvgIpc) is 3.00. The van der Waals surface area contributed by atoms with Crippen LogP contribution in [0.5, 0.6) is 0 Å². The van der Waals surface area contributed by atoms with Crippen LogP contribution in [0.3, 0.4) is 0 Å². The highest BCUT2D eigenvalue weighted by molar-refractivity contribution is 6.30. The van der Waals surface area contributed by atoms with E-state index in [1.54, 1.807) is 24.3 Å². The number of carbonyl (C=O) groups excluding carboxylic acids is 1. The van der Waals surface area contributed by atoms with Crippen LogP contribution >= 0.6 is 11.6 Å². The van der Waals surface area contributed by atoms with E-state index in [-0.39, 0.29) is 11.8 Å². The lowest BCUT2D eigenvalue weighted by atomic mass is 10.2. The summed E-state index contributed by atoms with van der Waals surface area (Å²) >= 11 is 5.83. The number of benzene rings is 2. The second-order valence-electron chi connectivity index (χ2n) is 4.69. The lowest BCUT2D eigenvalue weighted by Crippen LogP contribution is -2.13. The molecule has 0 spiro atoms. The number of carbonyl (C=O) groups is 1. The lowest BCUT2D eigenvalue weighted by molar-refractivity contribution is 0.0990. The third kappa shape index (κ3) is 2.99. The first-order valence-corrected chi connectivity index (χ1v) is 6.98. The van der Waals surface area contributed by atoms with Crippen LogP contribution in [-0.2, 0) is 0 Å². The molecule has 6 heteroatoms. The van der Waals surface area contributed by atoms with Crippen LogP contribution in [0.4, 0.5) is 5.69 Å². The fourth-order valence-electron chi connectivity index (χ4n) is 1.91. The summed E-state index contributed by atoms with van der Waals surface area (Å²) in [6.07, 6.45) is 0. The molecule has 3 aromatic rings. The van der Waals surface area contributed by atoms with Gasteiger partial charge in [0.25, 0.3) is 0 Å². The summed E-state index contributed by atoms with van der Waals surface area (Å²) in [4.78, 5) is 12.1. The topological polar surface area (TPSA) is 68.0 Å². The van der Waals surface area contributed by atoms with E-state index in [9.17, 15) is 4.79 Å². The number of para-hydroxylation sites is 1. The summed E-state index contributed by atoms with van der Waals surface area (Å²) in [5.74, 6) is -0.262. The second kappa shape index (κ2) is 5.99. The maximum atomic E-state index is 12.1. The minimum atomic E-state index is -0.443. The van der Waals surface area contributed by atoms with Crippen molar-refractivity contribution >= 4 is 23.2 Å². The van der Waals surface area contributed by atoms with Crippen molar-refractivity contribution in [1.82, 2.24) is 10.2 Å². The molecule has 2 aromatic carbocycles. The highest BCUT2D eigenvalue weighted by Crippen LogP contribution is 2.21. The molecule has 0 saturated carbocycles. The summed E-state index contributed by atoms with van der Waals surface area (Å²) in [7, 11) is 0. The van der Waals surface area contributed by atoms with Crippen molar-refractivity contribution < 1.29 is 9.21 Å². The number of hydrogen-bond donors (Lipinski definition) is 1. The number of nitrogens with one attached hydrogen (secondary N) is 1. The van der Waals surface area contributed by atoms with Crippen LogP contribution in [-0.4, -0.2) is 16.1 Å². The highest BCUT2D eigenvalue weighted by atomic mass is 35.5. The molecule has 0 radical (unpaired) electrons. The van der Waals surface area contributed by atoms with Crippen LogP contribution in [0.2, 0.25) is 5.02 Å². The molecule has 0 saturated heterocycles. The van der Waals surface area contributed by atoms with Crippen molar-refractivity contribution in [3.63, 3.8) is 0 Å². The van der Waals surface area contributed by atoms with Gasteiger partial charge in [0.2, 0.25) is 5.89 Å². The molecule has 0 aliphatic carbocycles. The van der Waals surface area contributed by atoms with Gasteiger partial charge in [-0.05, 0) is 42.8 Å². The van der Waals surface area contributed by atoms with Crippen LogP contribution in [0.25, 0.3) is 11.5 Å². The van der Waals surface area contributed by atoms with E-state index in [1.165, 1.54) is 0 Å². The number of aromatic nitrogens is 2. The minimum absolute atomic E-state index is 0.0896. The van der Waals surface area contributed by atoms with Crippen molar-refractivity contribution in [2.45, 2.75) is 6.92 Å². The van der Waals surface area contributed by atoms with E-state index in [4.69, 9.17) is 16.0 Å². The maximum Gasteiger partial charge on any atom is 0.313 e. The predicted molar refractivity (Wildman–Crippen MR) is 83.9 cm³/mol. The Bertz CT molecular complexity index is 812. The molecule has 1 heterocycles. The van der Waals surface area contributed by atoms with Crippen LogP contribution < -0.4 is 5.32 Å². The van der Waals surface area contributed by atoms with Crippen molar-refractivity contribution in [2.75, 3.05) is 5.32 Å². The highest BCUT2D eigenvalue weighted by Gasteiger charge is 2.16. The maximum absolute atomic E-state index is 12.1. The summed E-state index contributed by atoms with van der Waals surface area (Å²) < 4.78 is 5.41. The zero-order valence-corrected chi connectivity index (χ0v) is 12.5. The van der Waals surface area contributed by atoms with Gasteiger partial charge in [-0.3, -0.25) is 4.79 Å². The monoisotopic (exact) mass is 313 g/mol. The molecule has 3 rings (SSSR count). The molecule has 1 amide bonds. The Morgan fingerprint density at radius 1 is 1.09 bits per heavy atom. The molecule has 22 heavy (non-hydrogen) atoms. The number of aryl methyl sites for hydroxylation is 1. The number of anilines is 1. The van der Waals surface area contributed by atoms with Gasteiger partial charge in [0.1, 0.15) is 0 Å². The Labute approximate surface area is 131 Å². The van der Waals surface area contributed by atoms with Gasteiger partial charge < -0.3 is 9.73 Å². The third-order valence-electron chi connectivity index (χ3n) is 3.10. The first kappa shape index (κ1) is 14.3. The first-order valence-electron chi connectivity index (χ1n) is 6.60. The number of rotatable bonds is 3. The minimum Gasteiger partial charge on any atom is -0.412 e. The standard InChI is InChI=1S/C16H12ClN3O2/c1-10-4-2-3-5-13(10)18-14(21)16-20-19-15(22-16)11-6-8-12(17)9-7-11/h2-9H,1H3,(H,18,21). The van der Waals surface area contributed by atoms with Gasteiger partial charge >= 0.3 is 11.8 Å². The number of nitrogens with zero attached hydrogens (tertiary/aromatic N) is 2. The van der Waals surface area contributed by atoms with Crippen molar-refractivity contribution in [3.05, 3.63) is 65.0 Å². The van der Waals surface area contributed by atoms with Crippen molar-refractivity contribution in [3.8, 4) is 11.5 Å². The van der Waals surface area contributed by atoms with E-state index >= 15 is 0 Å². The Balaban J connectivity index is 1.80. The average molecular weight is 314 g/mol. The Kier molecular flexibility index (Phi) is 3.89. The molecule has 110 valence electrons. The molecule has 1 N–H and O–H groups in total. The fraction of sp³-hybridized carbons (Fsp3) is 0.0625. The Hall–Kier alpha value is -2.66.